The van der Waals surface area contributed by atoms with E-state index in [1.165, 1.54) is 0 Å². The van der Waals surface area contributed by atoms with Crippen LogP contribution in [0, 0.1) is 31.6 Å². The molecule has 0 amide bonds. The van der Waals surface area contributed by atoms with Crippen LogP contribution in [-0.4, -0.2) is 16.5 Å². The summed E-state index contributed by atoms with van der Waals surface area (Å²) in [6, 6.07) is 3.25. The first kappa shape index (κ1) is 12.7. The monoisotopic (exact) mass is 257 g/mol. The molecular formula is C8H4ClN3O5. The SMILES string of the molecule is N#CCOc1cc(Cl)c([N+](=O)[O-])cc1[N+](=O)[O-]. The summed E-state index contributed by atoms with van der Waals surface area (Å²) in [4.78, 5) is 19.5. The topological polar surface area (TPSA) is 119 Å². The van der Waals surface area contributed by atoms with Gasteiger partial charge in [0.25, 0.3) is 5.69 Å². The van der Waals surface area contributed by atoms with Gasteiger partial charge in [0.2, 0.25) is 0 Å². The number of ether oxygens (including phenoxy) is 1. The minimum absolute atomic E-state index is 0.285. The number of nitriles is 1. The van der Waals surface area contributed by atoms with E-state index in [2.05, 4.69) is 0 Å². The van der Waals surface area contributed by atoms with E-state index in [0.29, 0.717) is 6.07 Å². The summed E-state index contributed by atoms with van der Waals surface area (Å²) in [5, 5.41) is 29.2. The number of hydrogen-bond donors (Lipinski definition) is 0. The predicted molar refractivity (Wildman–Crippen MR) is 55.9 cm³/mol. The van der Waals surface area contributed by atoms with E-state index in [1.807, 2.05) is 0 Å². The molecule has 0 fully saturated rings. The summed E-state index contributed by atoms with van der Waals surface area (Å²) < 4.78 is 4.75. The van der Waals surface area contributed by atoms with Crippen molar-refractivity contribution >= 4 is 23.0 Å². The van der Waals surface area contributed by atoms with E-state index in [4.69, 9.17) is 21.6 Å². The molecule has 0 aliphatic heterocycles. The molecule has 0 aliphatic rings. The summed E-state index contributed by atoms with van der Waals surface area (Å²) in [5.74, 6) is -0.285. The Labute approximate surface area is 99.3 Å². The lowest BCUT2D eigenvalue weighted by Crippen LogP contribution is -2.00. The lowest BCUT2D eigenvalue weighted by atomic mass is 10.2. The Morgan fingerprint density at radius 1 is 1.29 bits per heavy atom. The van der Waals surface area contributed by atoms with Crippen molar-refractivity contribution < 1.29 is 14.6 Å². The first-order chi connectivity index (χ1) is 7.97. The van der Waals surface area contributed by atoms with E-state index in [-0.39, 0.29) is 10.8 Å². The summed E-state index contributed by atoms with van der Waals surface area (Å²) in [6.45, 7) is -0.422. The predicted octanol–water partition coefficient (Wildman–Crippen LogP) is 2.06. The Balaban J connectivity index is 3.31. The Morgan fingerprint density at radius 2 is 1.88 bits per heavy atom. The van der Waals surface area contributed by atoms with E-state index < -0.39 is 27.8 Å². The second-order valence-corrected chi connectivity index (χ2v) is 3.14. The molecule has 0 radical (unpaired) electrons. The fraction of sp³-hybridized carbons (Fsp3) is 0.125. The number of nitro benzene ring substituents is 2. The Hall–Kier alpha value is -2.40. The first-order valence-corrected chi connectivity index (χ1v) is 4.47. The molecule has 0 heterocycles. The summed E-state index contributed by atoms with van der Waals surface area (Å²) in [5.41, 5.74) is -1.21. The van der Waals surface area contributed by atoms with Gasteiger partial charge in [-0.05, 0) is 0 Å². The van der Waals surface area contributed by atoms with Crippen LogP contribution in [0.1, 0.15) is 0 Å². The number of nitrogens with zero attached hydrogens (tertiary/aromatic N) is 3. The molecule has 1 aromatic carbocycles. The van der Waals surface area contributed by atoms with Crippen molar-refractivity contribution in [1.82, 2.24) is 0 Å². The third kappa shape index (κ3) is 2.79. The molecule has 0 spiro atoms. The molecule has 88 valence electrons. The van der Waals surface area contributed by atoms with Gasteiger partial charge in [0.15, 0.2) is 12.4 Å². The van der Waals surface area contributed by atoms with Crippen LogP contribution >= 0.6 is 11.6 Å². The fourth-order valence-electron chi connectivity index (χ4n) is 1.04. The van der Waals surface area contributed by atoms with Crippen LogP contribution in [0.2, 0.25) is 5.02 Å². The minimum atomic E-state index is -0.851. The molecule has 1 aromatic rings. The molecule has 0 unspecified atom stereocenters. The van der Waals surface area contributed by atoms with Gasteiger partial charge < -0.3 is 4.74 Å². The van der Waals surface area contributed by atoms with Crippen molar-refractivity contribution in [1.29, 1.82) is 5.26 Å². The largest absolute Gasteiger partial charge is 0.471 e. The second kappa shape index (κ2) is 5.09. The molecule has 17 heavy (non-hydrogen) atoms. The van der Waals surface area contributed by atoms with Crippen LogP contribution in [0.3, 0.4) is 0 Å². The highest BCUT2D eigenvalue weighted by Crippen LogP contribution is 2.36. The standard InChI is InChI=1S/C8H4ClN3O5/c9-5-3-8(17-2-1-10)7(12(15)16)4-6(5)11(13)14/h3-4H,2H2. The van der Waals surface area contributed by atoms with E-state index in [1.54, 1.807) is 6.07 Å². The Kier molecular flexibility index (Phi) is 3.79. The maximum Gasteiger partial charge on any atom is 0.317 e. The average Bonchev–Trinajstić information content (AvgIpc) is 2.25. The Bertz CT molecular complexity index is 525. The zero-order valence-corrected chi connectivity index (χ0v) is 8.88. The van der Waals surface area contributed by atoms with Gasteiger partial charge in [0.05, 0.1) is 15.9 Å². The van der Waals surface area contributed by atoms with Crippen LogP contribution in [0.4, 0.5) is 11.4 Å². The smallest absolute Gasteiger partial charge is 0.317 e. The highest BCUT2D eigenvalue weighted by atomic mass is 35.5. The Morgan fingerprint density at radius 3 is 2.35 bits per heavy atom. The minimum Gasteiger partial charge on any atom is -0.471 e. The fourth-order valence-corrected chi connectivity index (χ4v) is 1.26. The molecule has 0 bridgehead atoms. The van der Waals surface area contributed by atoms with Crippen LogP contribution in [0.25, 0.3) is 0 Å². The van der Waals surface area contributed by atoms with Crippen LogP contribution in [-0.2, 0) is 0 Å². The average molecular weight is 258 g/mol. The van der Waals surface area contributed by atoms with E-state index in [0.717, 1.165) is 6.07 Å². The molecular weight excluding hydrogens is 254 g/mol. The number of benzene rings is 1. The summed E-state index contributed by atoms with van der Waals surface area (Å²) in [6.07, 6.45) is 0. The molecule has 0 saturated carbocycles. The normalized spacial score (nSPS) is 9.41. The van der Waals surface area contributed by atoms with Crippen molar-refractivity contribution in [2.45, 2.75) is 0 Å². The zero-order valence-electron chi connectivity index (χ0n) is 8.12. The van der Waals surface area contributed by atoms with Gasteiger partial charge in [-0.3, -0.25) is 20.2 Å². The molecule has 0 aliphatic carbocycles. The quantitative estimate of drug-likeness (QED) is 0.601. The van der Waals surface area contributed by atoms with Gasteiger partial charge >= 0.3 is 5.69 Å². The first-order valence-electron chi connectivity index (χ1n) is 4.09. The van der Waals surface area contributed by atoms with Gasteiger partial charge in [0.1, 0.15) is 11.1 Å². The number of nitro groups is 2. The van der Waals surface area contributed by atoms with Gasteiger partial charge in [-0.2, -0.15) is 5.26 Å². The van der Waals surface area contributed by atoms with Crippen LogP contribution in [0.5, 0.6) is 5.75 Å². The maximum absolute atomic E-state index is 10.6. The maximum atomic E-state index is 10.6. The lowest BCUT2D eigenvalue weighted by Gasteiger charge is -2.03. The molecule has 8 nitrogen and oxygen atoms in total. The van der Waals surface area contributed by atoms with Crippen molar-refractivity contribution in [3.63, 3.8) is 0 Å². The number of halogens is 1. The molecule has 0 saturated heterocycles. The highest BCUT2D eigenvalue weighted by molar-refractivity contribution is 6.32. The summed E-state index contributed by atoms with van der Waals surface area (Å²) in [7, 11) is 0. The van der Waals surface area contributed by atoms with Gasteiger partial charge in [0, 0.05) is 6.07 Å². The third-order valence-corrected chi connectivity index (χ3v) is 2.02. The van der Waals surface area contributed by atoms with E-state index in [9.17, 15) is 20.2 Å². The van der Waals surface area contributed by atoms with Crippen LogP contribution in [0.15, 0.2) is 12.1 Å². The highest BCUT2D eigenvalue weighted by Gasteiger charge is 2.24. The summed E-state index contributed by atoms with van der Waals surface area (Å²) >= 11 is 5.55. The van der Waals surface area contributed by atoms with Gasteiger partial charge in [-0.1, -0.05) is 11.6 Å². The third-order valence-electron chi connectivity index (χ3n) is 1.71. The second-order valence-electron chi connectivity index (χ2n) is 2.73. The zero-order chi connectivity index (χ0) is 13.0. The van der Waals surface area contributed by atoms with Crippen molar-refractivity contribution in [3.05, 3.63) is 37.4 Å². The van der Waals surface area contributed by atoms with Crippen molar-refractivity contribution in [2.24, 2.45) is 0 Å². The van der Waals surface area contributed by atoms with E-state index >= 15 is 0 Å². The molecule has 0 N–H and O–H groups in total. The van der Waals surface area contributed by atoms with Crippen molar-refractivity contribution in [2.75, 3.05) is 6.61 Å². The number of rotatable bonds is 4. The van der Waals surface area contributed by atoms with Gasteiger partial charge in [-0.25, -0.2) is 0 Å². The lowest BCUT2D eigenvalue weighted by molar-refractivity contribution is -0.394. The molecule has 0 atom stereocenters. The number of hydrogen-bond acceptors (Lipinski definition) is 6. The van der Waals surface area contributed by atoms with Crippen LogP contribution < -0.4 is 4.74 Å². The van der Waals surface area contributed by atoms with Crippen molar-refractivity contribution in [3.8, 4) is 11.8 Å². The van der Waals surface area contributed by atoms with Gasteiger partial charge in [-0.15, -0.1) is 0 Å². The molecule has 0 aromatic heterocycles. The molecule has 1 rings (SSSR count). The molecule has 9 heteroatoms.